The minimum atomic E-state index is -2.94. The molecule has 2 heterocycles. The Kier molecular flexibility index (Phi) is 4.27. The monoisotopic (exact) mass is 275 g/mol. The molecule has 1 amide bonds. The summed E-state index contributed by atoms with van der Waals surface area (Å²) in [6.45, 7) is 3.70. The lowest BCUT2D eigenvalue weighted by molar-refractivity contribution is -0.141. The fourth-order valence-corrected chi connectivity index (χ4v) is 4.52. The molecule has 0 saturated carbocycles. The fourth-order valence-electron chi connectivity index (χ4n) is 2.79. The van der Waals surface area contributed by atoms with Crippen LogP contribution in [0.3, 0.4) is 0 Å². The number of carbonyl (C=O) groups excluding carboxylic acids is 1. The van der Waals surface area contributed by atoms with Gasteiger partial charge in [-0.2, -0.15) is 0 Å². The van der Waals surface area contributed by atoms with Crippen LogP contribution in [0.15, 0.2) is 0 Å². The van der Waals surface area contributed by atoms with Gasteiger partial charge in [-0.15, -0.1) is 0 Å². The van der Waals surface area contributed by atoms with Crippen molar-refractivity contribution in [3.8, 4) is 0 Å². The Labute approximate surface area is 108 Å². The fraction of sp³-hybridized carbons (Fsp3) is 0.917. The lowest BCUT2D eigenvalue weighted by Crippen LogP contribution is -2.46. The molecule has 0 spiro atoms. The Morgan fingerprint density at radius 3 is 2.67 bits per heavy atom. The van der Waals surface area contributed by atoms with E-state index in [1.807, 2.05) is 6.92 Å². The van der Waals surface area contributed by atoms with E-state index in [0.29, 0.717) is 19.6 Å². The van der Waals surface area contributed by atoms with E-state index in [4.69, 9.17) is 4.74 Å². The molecule has 2 unspecified atom stereocenters. The molecule has 2 aliphatic heterocycles. The smallest absolute Gasteiger partial charge is 0.228 e. The van der Waals surface area contributed by atoms with E-state index in [0.717, 1.165) is 19.4 Å². The van der Waals surface area contributed by atoms with Crippen LogP contribution in [-0.4, -0.2) is 56.5 Å². The molecule has 2 saturated heterocycles. The second-order valence-corrected chi connectivity index (χ2v) is 7.32. The van der Waals surface area contributed by atoms with Gasteiger partial charge >= 0.3 is 0 Å². The number of hydrogen-bond acceptors (Lipinski definition) is 4. The molecule has 6 heteroatoms. The van der Waals surface area contributed by atoms with Crippen molar-refractivity contribution in [1.82, 2.24) is 4.90 Å². The summed E-state index contributed by atoms with van der Waals surface area (Å²) in [6.07, 6.45) is 2.35. The molecule has 0 aliphatic carbocycles. The maximum atomic E-state index is 12.4. The summed E-state index contributed by atoms with van der Waals surface area (Å²) in [5.74, 6) is 0.323. The number of amides is 1. The molecule has 0 aromatic heterocycles. The molecule has 0 bridgehead atoms. The lowest BCUT2D eigenvalue weighted by Gasteiger charge is -2.32. The highest BCUT2D eigenvalue weighted by Gasteiger charge is 2.36. The predicted molar refractivity (Wildman–Crippen MR) is 68.0 cm³/mol. The number of sulfone groups is 1. The normalized spacial score (nSPS) is 31.2. The average molecular weight is 275 g/mol. The Hall–Kier alpha value is -0.620. The third-order valence-corrected chi connectivity index (χ3v) is 5.53. The Balaban J connectivity index is 2.01. The number of hydrogen-bond donors (Lipinski definition) is 0. The summed E-state index contributed by atoms with van der Waals surface area (Å²) in [6, 6.07) is -0.130. The highest BCUT2D eigenvalue weighted by Crippen LogP contribution is 2.22. The summed E-state index contributed by atoms with van der Waals surface area (Å²) < 4.78 is 28.3. The van der Waals surface area contributed by atoms with Crippen molar-refractivity contribution in [2.24, 2.45) is 5.92 Å². The molecule has 0 aromatic rings. The second kappa shape index (κ2) is 5.57. The molecule has 5 nitrogen and oxygen atoms in total. The molecule has 2 atom stereocenters. The van der Waals surface area contributed by atoms with E-state index in [9.17, 15) is 13.2 Å². The van der Waals surface area contributed by atoms with Crippen molar-refractivity contribution in [2.75, 3.05) is 31.3 Å². The average Bonchev–Trinajstić information content (AvgIpc) is 2.71. The molecule has 2 rings (SSSR count). The van der Waals surface area contributed by atoms with Crippen molar-refractivity contribution in [1.29, 1.82) is 0 Å². The van der Waals surface area contributed by atoms with Crippen LogP contribution in [0.5, 0.6) is 0 Å². The van der Waals surface area contributed by atoms with Gasteiger partial charge in [-0.25, -0.2) is 8.42 Å². The third-order valence-electron chi connectivity index (χ3n) is 3.78. The van der Waals surface area contributed by atoms with Gasteiger partial charge in [0.2, 0.25) is 5.91 Å². The topological polar surface area (TPSA) is 63.7 Å². The first kappa shape index (κ1) is 13.8. The summed E-state index contributed by atoms with van der Waals surface area (Å²) in [7, 11) is -2.94. The second-order valence-electron chi connectivity index (χ2n) is 5.10. The zero-order valence-corrected chi connectivity index (χ0v) is 11.6. The van der Waals surface area contributed by atoms with Gasteiger partial charge in [0.1, 0.15) is 0 Å². The van der Waals surface area contributed by atoms with Gasteiger partial charge in [-0.05, 0) is 26.2 Å². The summed E-state index contributed by atoms with van der Waals surface area (Å²) in [5.41, 5.74) is 0. The zero-order valence-electron chi connectivity index (χ0n) is 10.8. The Morgan fingerprint density at radius 1 is 1.39 bits per heavy atom. The van der Waals surface area contributed by atoms with E-state index < -0.39 is 9.84 Å². The molecule has 2 fully saturated rings. The van der Waals surface area contributed by atoms with Crippen LogP contribution in [0, 0.1) is 5.92 Å². The van der Waals surface area contributed by atoms with Crippen LogP contribution < -0.4 is 0 Å². The first-order valence-corrected chi connectivity index (χ1v) is 8.44. The van der Waals surface area contributed by atoms with Gasteiger partial charge in [0, 0.05) is 19.2 Å². The van der Waals surface area contributed by atoms with Crippen LogP contribution in [0.25, 0.3) is 0 Å². The highest BCUT2D eigenvalue weighted by atomic mass is 32.2. The largest absolute Gasteiger partial charge is 0.381 e. The van der Waals surface area contributed by atoms with Crippen LogP contribution in [0.1, 0.15) is 26.2 Å². The van der Waals surface area contributed by atoms with E-state index in [-0.39, 0.29) is 29.4 Å². The van der Waals surface area contributed by atoms with Crippen molar-refractivity contribution < 1.29 is 17.9 Å². The van der Waals surface area contributed by atoms with Crippen LogP contribution >= 0.6 is 0 Å². The predicted octanol–water partition coefficient (Wildman–Crippen LogP) is 0.449. The quantitative estimate of drug-likeness (QED) is 0.750. The maximum Gasteiger partial charge on any atom is 0.228 e. The molecule has 0 aromatic carbocycles. The van der Waals surface area contributed by atoms with Crippen molar-refractivity contribution >= 4 is 15.7 Å². The molecule has 104 valence electrons. The lowest BCUT2D eigenvalue weighted by atomic mass is 9.99. The van der Waals surface area contributed by atoms with E-state index >= 15 is 0 Å². The molecule has 0 radical (unpaired) electrons. The van der Waals surface area contributed by atoms with Gasteiger partial charge in [0.15, 0.2) is 9.84 Å². The highest BCUT2D eigenvalue weighted by molar-refractivity contribution is 7.91. The van der Waals surface area contributed by atoms with Gasteiger partial charge in [0.05, 0.1) is 24.0 Å². The van der Waals surface area contributed by atoms with Crippen molar-refractivity contribution in [3.63, 3.8) is 0 Å². The summed E-state index contributed by atoms with van der Waals surface area (Å²) >= 11 is 0. The van der Waals surface area contributed by atoms with E-state index in [2.05, 4.69) is 0 Å². The van der Waals surface area contributed by atoms with Crippen molar-refractivity contribution in [3.05, 3.63) is 0 Å². The number of nitrogens with zero attached hydrogens (tertiary/aromatic N) is 1. The molecular formula is C12H21NO4S. The van der Waals surface area contributed by atoms with Gasteiger partial charge < -0.3 is 9.64 Å². The van der Waals surface area contributed by atoms with Crippen molar-refractivity contribution in [2.45, 2.75) is 32.2 Å². The molecule has 0 N–H and O–H groups in total. The molecule has 18 heavy (non-hydrogen) atoms. The van der Waals surface area contributed by atoms with Gasteiger partial charge in [-0.1, -0.05) is 0 Å². The summed E-state index contributed by atoms with van der Waals surface area (Å²) in [4.78, 5) is 14.1. The van der Waals surface area contributed by atoms with E-state index in [1.165, 1.54) is 0 Å². The standard InChI is InChI=1S/C12H21NO4S/c1-2-13(11-5-7-18(15,16)9-11)12(14)10-4-3-6-17-8-10/h10-11H,2-9H2,1H3. The third kappa shape index (κ3) is 3.03. The van der Waals surface area contributed by atoms with Crippen LogP contribution in [-0.2, 0) is 19.4 Å². The van der Waals surface area contributed by atoms with Gasteiger partial charge in [0.25, 0.3) is 0 Å². The van der Waals surface area contributed by atoms with E-state index in [1.54, 1.807) is 4.90 Å². The van der Waals surface area contributed by atoms with Crippen LogP contribution in [0.4, 0.5) is 0 Å². The first-order chi connectivity index (χ1) is 8.53. The maximum absolute atomic E-state index is 12.4. The SMILES string of the molecule is CCN(C(=O)C1CCCOC1)C1CCS(=O)(=O)C1. The minimum absolute atomic E-state index is 0.0688. The number of rotatable bonds is 3. The zero-order chi connectivity index (χ0) is 13.2. The molecule has 2 aliphatic rings. The molecular weight excluding hydrogens is 254 g/mol. The Morgan fingerprint density at radius 2 is 2.17 bits per heavy atom. The Bertz CT molecular complexity index is 400. The first-order valence-electron chi connectivity index (χ1n) is 6.62. The minimum Gasteiger partial charge on any atom is -0.381 e. The van der Waals surface area contributed by atoms with Gasteiger partial charge in [-0.3, -0.25) is 4.79 Å². The number of ether oxygens (including phenoxy) is 1. The summed E-state index contributed by atoms with van der Waals surface area (Å²) in [5, 5.41) is 0. The van der Waals surface area contributed by atoms with Crippen LogP contribution in [0.2, 0.25) is 0 Å². The number of carbonyl (C=O) groups is 1.